The number of benzene rings is 1. The number of carbonyl (C=O) groups is 1. The van der Waals surface area contributed by atoms with Crippen LogP contribution in [0.15, 0.2) is 48.8 Å². The Morgan fingerprint density at radius 3 is 2.30 bits per heavy atom. The summed E-state index contributed by atoms with van der Waals surface area (Å²) in [6, 6.07) is 9.01. The van der Waals surface area contributed by atoms with Crippen LogP contribution < -0.4 is 0 Å². The van der Waals surface area contributed by atoms with Crippen LogP contribution in [0.4, 0.5) is 5.69 Å². The summed E-state index contributed by atoms with van der Waals surface area (Å²) >= 11 is 0. The van der Waals surface area contributed by atoms with E-state index in [-0.39, 0.29) is 17.1 Å². The molecule has 0 aliphatic heterocycles. The van der Waals surface area contributed by atoms with Crippen molar-refractivity contribution >= 4 is 11.7 Å². The van der Waals surface area contributed by atoms with Crippen LogP contribution in [0.3, 0.4) is 0 Å². The van der Waals surface area contributed by atoms with E-state index in [9.17, 15) is 20.0 Å². The van der Waals surface area contributed by atoms with Gasteiger partial charge in [0.2, 0.25) is 0 Å². The van der Waals surface area contributed by atoms with Crippen molar-refractivity contribution in [2.75, 3.05) is 0 Å². The van der Waals surface area contributed by atoms with Crippen molar-refractivity contribution in [1.82, 2.24) is 15.0 Å². The Balaban J connectivity index is 2.07. The maximum atomic E-state index is 11.4. The number of nitrogens with zero attached hydrogens (tertiary/aromatic N) is 3. The highest BCUT2D eigenvalue weighted by Crippen LogP contribution is 2.26. The molecule has 23 heavy (non-hydrogen) atoms. The van der Waals surface area contributed by atoms with E-state index >= 15 is 0 Å². The number of aromatic carboxylic acids is 1. The van der Waals surface area contributed by atoms with Gasteiger partial charge in [-0.05, 0) is 24.3 Å². The van der Waals surface area contributed by atoms with E-state index in [1.807, 2.05) is 0 Å². The highest BCUT2D eigenvalue weighted by Gasteiger charge is 2.19. The predicted molar refractivity (Wildman–Crippen MR) is 80.9 cm³/mol. The molecule has 0 fully saturated rings. The van der Waals surface area contributed by atoms with Crippen molar-refractivity contribution < 1.29 is 14.8 Å². The summed E-state index contributed by atoms with van der Waals surface area (Å²) in [7, 11) is 0. The SMILES string of the molecule is O=C(O)c1[nH]c(-c2ccc([N+](=O)[O-])cc2)nc1-c1ccncc1. The number of carboxylic acids is 1. The van der Waals surface area contributed by atoms with Crippen LogP contribution in [0.25, 0.3) is 22.6 Å². The smallest absolute Gasteiger partial charge is 0.354 e. The van der Waals surface area contributed by atoms with Gasteiger partial charge in [-0.15, -0.1) is 0 Å². The molecule has 2 N–H and O–H groups in total. The Morgan fingerprint density at radius 2 is 1.74 bits per heavy atom. The maximum Gasteiger partial charge on any atom is 0.354 e. The third-order valence-electron chi connectivity index (χ3n) is 3.22. The van der Waals surface area contributed by atoms with Crippen molar-refractivity contribution in [2.45, 2.75) is 0 Å². The van der Waals surface area contributed by atoms with Gasteiger partial charge in [0.15, 0.2) is 5.69 Å². The van der Waals surface area contributed by atoms with Gasteiger partial charge in [-0.25, -0.2) is 9.78 Å². The van der Waals surface area contributed by atoms with E-state index < -0.39 is 10.9 Å². The van der Waals surface area contributed by atoms with Crippen LogP contribution in [0.1, 0.15) is 10.5 Å². The number of pyridine rings is 1. The topological polar surface area (TPSA) is 122 Å². The average molecular weight is 310 g/mol. The Morgan fingerprint density at radius 1 is 1.09 bits per heavy atom. The Labute approximate surface area is 129 Å². The van der Waals surface area contributed by atoms with E-state index in [4.69, 9.17) is 0 Å². The molecule has 3 rings (SSSR count). The molecule has 0 radical (unpaired) electrons. The van der Waals surface area contributed by atoms with Crippen LogP contribution in [-0.2, 0) is 0 Å². The van der Waals surface area contributed by atoms with E-state index in [1.54, 1.807) is 24.5 Å². The molecule has 0 amide bonds. The predicted octanol–water partition coefficient (Wildman–Crippen LogP) is 2.75. The molecule has 2 heterocycles. The molecule has 2 aromatic heterocycles. The first-order valence-corrected chi connectivity index (χ1v) is 6.55. The summed E-state index contributed by atoms with van der Waals surface area (Å²) in [5.74, 6) is -0.818. The largest absolute Gasteiger partial charge is 0.477 e. The Kier molecular flexibility index (Phi) is 3.55. The van der Waals surface area contributed by atoms with E-state index in [0.29, 0.717) is 17.0 Å². The third-order valence-corrected chi connectivity index (χ3v) is 3.22. The lowest BCUT2D eigenvalue weighted by molar-refractivity contribution is -0.384. The van der Waals surface area contributed by atoms with Gasteiger partial charge in [-0.3, -0.25) is 15.1 Å². The number of nitrogens with one attached hydrogen (secondary N) is 1. The number of hydrogen-bond acceptors (Lipinski definition) is 5. The summed E-state index contributed by atoms with van der Waals surface area (Å²) < 4.78 is 0. The molecular formula is C15H10N4O4. The molecule has 0 bridgehead atoms. The van der Waals surface area contributed by atoms with Crippen LogP contribution >= 0.6 is 0 Å². The number of aromatic nitrogens is 3. The second kappa shape index (κ2) is 5.68. The highest BCUT2D eigenvalue weighted by molar-refractivity contribution is 5.94. The second-order valence-corrected chi connectivity index (χ2v) is 4.65. The van der Waals surface area contributed by atoms with Crippen molar-refractivity contribution in [2.24, 2.45) is 0 Å². The molecular weight excluding hydrogens is 300 g/mol. The summed E-state index contributed by atoms with van der Waals surface area (Å²) in [4.78, 5) is 32.5. The molecule has 1 aromatic carbocycles. The minimum atomic E-state index is -1.14. The summed E-state index contributed by atoms with van der Waals surface area (Å²) in [6.45, 7) is 0. The second-order valence-electron chi connectivity index (χ2n) is 4.65. The summed E-state index contributed by atoms with van der Waals surface area (Å²) in [6.07, 6.45) is 3.09. The molecule has 0 saturated carbocycles. The van der Waals surface area contributed by atoms with Crippen LogP contribution in [0.5, 0.6) is 0 Å². The Hall–Kier alpha value is -3.55. The zero-order valence-electron chi connectivity index (χ0n) is 11.6. The lowest BCUT2D eigenvalue weighted by atomic mass is 10.1. The van der Waals surface area contributed by atoms with Gasteiger partial charge in [0.1, 0.15) is 11.5 Å². The number of nitro benzene ring substituents is 1. The lowest BCUT2D eigenvalue weighted by Gasteiger charge is -1.97. The number of nitro groups is 1. The van der Waals surface area contributed by atoms with Crippen LogP contribution in [0.2, 0.25) is 0 Å². The number of hydrogen-bond donors (Lipinski definition) is 2. The van der Waals surface area contributed by atoms with E-state index in [1.165, 1.54) is 24.3 Å². The Bertz CT molecular complexity index is 872. The van der Waals surface area contributed by atoms with E-state index in [0.717, 1.165) is 0 Å². The standard InChI is InChI=1S/C15H10N4O4/c20-15(21)13-12(9-5-7-16-8-6-9)17-14(18-13)10-1-3-11(4-2-10)19(22)23/h1-8H,(H,17,18)(H,20,21). The first-order chi connectivity index (χ1) is 11.1. The van der Waals surface area contributed by atoms with Crippen molar-refractivity contribution in [3.63, 3.8) is 0 Å². The monoisotopic (exact) mass is 310 g/mol. The summed E-state index contributed by atoms with van der Waals surface area (Å²) in [5.41, 5.74) is 1.35. The fraction of sp³-hybridized carbons (Fsp3) is 0. The van der Waals surface area contributed by atoms with Gasteiger partial charge in [0.25, 0.3) is 5.69 Å². The number of rotatable bonds is 4. The molecule has 8 nitrogen and oxygen atoms in total. The molecule has 0 atom stereocenters. The third kappa shape index (κ3) is 2.77. The number of H-pyrrole nitrogens is 1. The number of imidazole rings is 1. The van der Waals surface area contributed by atoms with E-state index in [2.05, 4.69) is 15.0 Å². The van der Waals surface area contributed by atoms with Crippen molar-refractivity contribution in [3.8, 4) is 22.6 Å². The minimum absolute atomic E-state index is 0.0480. The maximum absolute atomic E-state index is 11.4. The van der Waals surface area contributed by atoms with Crippen molar-refractivity contribution in [3.05, 3.63) is 64.6 Å². The molecule has 3 aromatic rings. The fourth-order valence-corrected chi connectivity index (χ4v) is 2.12. The number of non-ortho nitro benzene ring substituents is 1. The van der Waals surface area contributed by atoms with Crippen molar-refractivity contribution in [1.29, 1.82) is 0 Å². The van der Waals surface area contributed by atoms with Crippen LogP contribution in [-0.4, -0.2) is 31.0 Å². The van der Waals surface area contributed by atoms with Gasteiger partial charge >= 0.3 is 5.97 Å². The fourth-order valence-electron chi connectivity index (χ4n) is 2.12. The first-order valence-electron chi connectivity index (χ1n) is 6.55. The quantitative estimate of drug-likeness (QED) is 0.564. The average Bonchev–Trinajstić information content (AvgIpc) is 3.01. The summed E-state index contributed by atoms with van der Waals surface area (Å²) in [5, 5.41) is 20.0. The van der Waals surface area contributed by atoms with Gasteiger partial charge in [-0.2, -0.15) is 0 Å². The zero-order chi connectivity index (χ0) is 16.4. The molecule has 114 valence electrons. The van der Waals surface area contributed by atoms with Crippen LogP contribution in [0, 0.1) is 10.1 Å². The van der Waals surface area contributed by atoms with Gasteiger partial charge < -0.3 is 10.1 Å². The molecule has 0 aliphatic carbocycles. The van der Waals surface area contributed by atoms with Gasteiger partial charge in [0, 0.05) is 35.7 Å². The highest BCUT2D eigenvalue weighted by atomic mass is 16.6. The zero-order valence-corrected chi connectivity index (χ0v) is 11.6. The minimum Gasteiger partial charge on any atom is -0.477 e. The molecule has 8 heteroatoms. The van der Waals surface area contributed by atoms with Gasteiger partial charge in [0.05, 0.1) is 4.92 Å². The van der Waals surface area contributed by atoms with Gasteiger partial charge in [-0.1, -0.05) is 0 Å². The normalized spacial score (nSPS) is 10.4. The number of aromatic amines is 1. The first kappa shape index (κ1) is 14.4. The molecule has 0 aliphatic rings. The molecule has 0 spiro atoms. The number of carboxylic acid groups (broad SMARTS) is 1. The molecule has 0 saturated heterocycles. The molecule has 0 unspecified atom stereocenters. The lowest BCUT2D eigenvalue weighted by Crippen LogP contribution is -1.99.